The van der Waals surface area contributed by atoms with Gasteiger partial charge in [-0.15, -0.1) is 0 Å². The van der Waals surface area contributed by atoms with Gasteiger partial charge in [0, 0.05) is 19.3 Å². The van der Waals surface area contributed by atoms with Crippen LogP contribution in [0.2, 0.25) is 0 Å². The third kappa shape index (κ3) is 4.66. The minimum Gasteiger partial charge on any atom is -0.384 e. The van der Waals surface area contributed by atoms with Crippen LogP contribution in [0.5, 0.6) is 0 Å². The standard InChI is InChI=1S/C17H24N6O4S/c1-3-18-16-21-11(2)13(28-16)15(25)23-6-7-27-10-17(26,9-23)8-19-14(24)12-4-5-20-22-12/h4-5,26H,3,6-10H2,1-2H3,(H,18,21)(H,19,24)(H,20,22). The number of amides is 2. The summed E-state index contributed by atoms with van der Waals surface area (Å²) >= 11 is 1.29. The molecular weight excluding hydrogens is 384 g/mol. The van der Waals surface area contributed by atoms with E-state index in [4.69, 9.17) is 4.74 Å². The second-order valence-electron chi connectivity index (χ2n) is 6.62. The minimum absolute atomic E-state index is 0.0182. The molecule has 1 aliphatic heterocycles. The van der Waals surface area contributed by atoms with Crippen molar-refractivity contribution in [3.63, 3.8) is 0 Å². The molecule has 1 saturated heterocycles. The first-order valence-electron chi connectivity index (χ1n) is 9.00. The zero-order valence-corrected chi connectivity index (χ0v) is 16.6. The summed E-state index contributed by atoms with van der Waals surface area (Å²) in [7, 11) is 0. The molecule has 0 bridgehead atoms. The Hall–Kier alpha value is -2.50. The van der Waals surface area contributed by atoms with E-state index in [1.165, 1.54) is 23.6 Å². The van der Waals surface area contributed by atoms with E-state index in [1.54, 1.807) is 11.8 Å². The van der Waals surface area contributed by atoms with Gasteiger partial charge in [-0.05, 0) is 19.9 Å². The lowest BCUT2D eigenvalue weighted by atomic mass is 10.0. The van der Waals surface area contributed by atoms with Gasteiger partial charge in [0.25, 0.3) is 11.8 Å². The smallest absolute Gasteiger partial charge is 0.269 e. The Kier molecular flexibility index (Phi) is 6.27. The second kappa shape index (κ2) is 8.67. The number of aromatic nitrogens is 3. The predicted molar refractivity (Wildman–Crippen MR) is 104 cm³/mol. The molecule has 0 aliphatic carbocycles. The number of thiazole rings is 1. The largest absolute Gasteiger partial charge is 0.384 e. The van der Waals surface area contributed by atoms with E-state index >= 15 is 0 Å². The molecule has 1 atom stereocenters. The summed E-state index contributed by atoms with van der Waals surface area (Å²) in [6.45, 7) is 5.13. The lowest BCUT2D eigenvalue weighted by Crippen LogP contribution is -2.53. The highest BCUT2D eigenvalue weighted by molar-refractivity contribution is 7.17. The van der Waals surface area contributed by atoms with Crippen LogP contribution in [-0.4, -0.2) is 82.0 Å². The van der Waals surface area contributed by atoms with Crippen molar-refractivity contribution in [2.24, 2.45) is 0 Å². The van der Waals surface area contributed by atoms with Gasteiger partial charge in [0.1, 0.15) is 16.2 Å². The zero-order chi connectivity index (χ0) is 20.1. The van der Waals surface area contributed by atoms with Crippen molar-refractivity contribution < 1.29 is 19.4 Å². The molecule has 2 aromatic heterocycles. The number of β-amino-alcohol motifs (C(OH)–C–C–N with tert-alkyl or cyclic N) is 1. The number of aromatic amines is 1. The van der Waals surface area contributed by atoms with Gasteiger partial charge in [-0.2, -0.15) is 5.10 Å². The van der Waals surface area contributed by atoms with Crippen LogP contribution in [0.3, 0.4) is 0 Å². The molecule has 0 saturated carbocycles. The number of aryl methyl sites for hydroxylation is 1. The van der Waals surface area contributed by atoms with E-state index in [9.17, 15) is 14.7 Å². The number of hydrogen-bond donors (Lipinski definition) is 4. The van der Waals surface area contributed by atoms with Gasteiger partial charge in [0.05, 0.1) is 32.0 Å². The molecule has 11 heteroatoms. The quantitative estimate of drug-likeness (QED) is 0.538. The fourth-order valence-corrected chi connectivity index (χ4v) is 3.89. The van der Waals surface area contributed by atoms with Gasteiger partial charge in [-0.25, -0.2) is 4.98 Å². The van der Waals surface area contributed by atoms with Gasteiger partial charge in [0.2, 0.25) is 0 Å². The lowest BCUT2D eigenvalue weighted by molar-refractivity contribution is -0.0324. The Bertz CT molecular complexity index is 824. The molecule has 2 aromatic rings. The van der Waals surface area contributed by atoms with Gasteiger partial charge >= 0.3 is 0 Å². The van der Waals surface area contributed by atoms with E-state index in [-0.39, 0.29) is 31.5 Å². The van der Waals surface area contributed by atoms with Gasteiger partial charge in [0.15, 0.2) is 5.13 Å². The summed E-state index contributed by atoms with van der Waals surface area (Å²) in [6, 6.07) is 1.54. The molecule has 1 unspecified atom stereocenters. The predicted octanol–water partition coefficient (Wildman–Crippen LogP) is 0.240. The molecule has 28 heavy (non-hydrogen) atoms. The zero-order valence-electron chi connectivity index (χ0n) is 15.8. The van der Waals surface area contributed by atoms with Gasteiger partial charge in [-0.3, -0.25) is 14.7 Å². The first-order chi connectivity index (χ1) is 13.4. The van der Waals surface area contributed by atoms with Crippen molar-refractivity contribution in [3.8, 4) is 0 Å². The van der Waals surface area contributed by atoms with Crippen LogP contribution in [-0.2, 0) is 4.74 Å². The van der Waals surface area contributed by atoms with E-state index in [1.807, 2.05) is 6.92 Å². The molecule has 0 spiro atoms. The Morgan fingerprint density at radius 3 is 3.04 bits per heavy atom. The van der Waals surface area contributed by atoms with Crippen molar-refractivity contribution in [2.45, 2.75) is 19.4 Å². The molecule has 10 nitrogen and oxygen atoms in total. The van der Waals surface area contributed by atoms with Crippen LogP contribution in [0.1, 0.15) is 32.8 Å². The van der Waals surface area contributed by atoms with Crippen molar-refractivity contribution in [1.82, 2.24) is 25.4 Å². The number of carbonyl (C=O) groups is 2. The number of hydrogen-bond acceptors (Lipinski definition) is 8. The first-order valence-corrected chi connectivity index (χ1v) is 9.82. The Balaban J connectivity index is 1.68. The Morgan fingerprint density at radius 2 is 2.32 bits per heavy atom. The summed E-state index contributed by atoms with van der Waals surface area (Å²) in [5, 5.41) is 23.7. The molecule has 0 aromatic carbocycles. The number of rotatable bonds is 6. The maximum atomic E-state index is 13.0. The van der Waals surface area contributed by atoms with Crippen LogP contribution >= 0.6 is 11.3 Å². The van der Waals surface area contributed by atoms with E-state index < -0.39 is 5.60 Å². The number of nitrogens with zero attached hydrogens (tertiary/aromatic N) is 3. The fourth-order valence-electron chi connectivity index (χ4n) is 2.88. The molecule has 2 amide bonds. The number of carbonyl (C=O) groups excluding carboxylic acids is 2. The number of anilines is 1. The third-order valence-corrected chi connectivity index (χ3v) is 5.39. The maximum absolute atomic E-state index is 13.0. The third-order valence-electron chi connectivity index (χ3n) is 4.29. The SMILES string of the molecule is CCNc1nc(C)c(C(=O)N2CCOCC(O)(CNC(=O)c3ccn[nH]3)C2)s1. The average Bonchev–Trinajstić information content (AvgIpc) is 3.28. The van der Waals surface area contributed by atoms with Crippen LogP contribution in [0.15, 0.2) is 12.3 Å². The van der Waals surface area contributed by atoms with Crippen LogP contribution in [0.4, 0.5) is 5.13 Å². The van der Waals surface area contributed by atoms with E-state index in [0.717, 1.165) is 0 Å². The molecule has 4 N–H and O–H groups in total. The molecule has 1 fully saturated rings. The first kappa shape index (κ1) is 20.2. The monoisotopic (exact) mass is 408 g/mol. The van der Waals surface area contributed by atoms with E-state index in [2.05, 4.69) is 25.8 Å². The normalized spacial score (nSPS) is 19.9. The highest BCUT2D eigenvalue weighted by Gasteiger charge is 2.36. The second-order valence-corrected chi connectivity index (χ2v) is 7.62. The molecule has 3 heterocycles. The average molecular weight is 408 g/mol. The lowest BCUT2D eigenvalue weighted by Gasteiger charge is -2.30. The molecule has 1 aliphatic rings. The molecular formula is C17H24N6O4S. The molecule has 0 radical (unpaired) electrons. The number of H-pyrrole nitrogens is 1. The Labute approximate surface area is 166 Å². The Morgan fingerprint density at radius 1 is 1.50 bits per heavy atom. The van der Waals surface area contributed by atoms with E-state index in [0.29, 0.717) is 41.1 Å². The topological polar surface area (TPSA) is 132 Å². The minimum atomic E-state index is -1.40. The highest BCUT2D eigenvalue weighted by Crippen LogP contribution is 2.25. The van der Waals surface area contributed by atoms with Crippen LogP contribution in [0.25, 0.3) is 0 Å². The number of nitrogens with one attached hydrogen (secondary N) is 3. The molecule has 152 valence electrons. The number of aliphatic hydroxyl groups is 1. The van der Waals surface area contributed by atoms with Crippen LogP contribution in [0, 0.1) is 6.92 Å². The van der Waals surface area contributed by atoms with Crippen molar-refractivity contribution >= 4 is 28.3 Å². The summed E-state index contributed by atoms with van der Waals surface area (Å²) < 4.78 is 5.48. The molecule has 3 rings (SSSR count). The van der Waals surface area contributed by atoms with Crippen molar-refractivity contribution in [3.05, 3.63) is 28.5 Å². The summed E-state index contributed by atoms with van der Waals surface area (Å²) in [5.74, 6) is -0.593. The van der Waals surface area contributed by atoms with Gasteiger partial charge < -0.3 is 25.4 Å². The summed E-state index contributed by atoms with van der Waals surface area (Å²) in [5.41, 5.74) is -0.459. The fraction of sp³-hybridized carbons (Fsp3) is 0.529. The highest BCUT2D eigenvalue weighted by atomic mass is 32.1. The van der Waals surface area contributed by atoms with Gasteiger partial charge in [-0.1, -0.05) is 11.3 Å². The maximum Gasteiger partial charge on any atom is 0.269 e. The summed E-state index contributed by atoms with van der Waals surface area (Å²) in [4.78, 5) is 31.5. The van der Waals surface area contributed by atoms with Crippen molar-refractivity contribution in [1.29, 1.82) is 0 Å². The van der Waals surface area contributed by atoms with Crippen LogP contribution < -0.4 is 10.6 Å². The number of ether oxygens (including phenoxy) is 1. The summed E-state index contributed by atoms with van der Waals surface area (Å²) in [6.07, 6.45) is 1.47. The van der Waals surface area contributed by atoms with Crippen molar-refractivity contribution in [2.75, 3.05) is 44.7 Å².